The zero-order valence-electron chi connectivity index (χ0n) is 16.1. The second-order valence-corrected chi connectivity index (χ2v) is 9.69. The van der Waals surface area contributed by atoms with Crippen LogP contribution in [-0.4, -0.2) is 14.5 Å². The van der Waals surface area contributed by atoms with Gasteiger partial charge < -0.3 is 0 Å². The fraction of sp³-hybridized carbons (Fsp3) is 0.160. The Morgan fingerprint density at radius 1 is 0.815 bits per heavy atom. The molecule has 2 heterocycles. The number of nitrogens with zero attached hydrogens (tertiary/aromatic N) is 1. The number of benzene rings is 3. The van der Waals surface area contributed by atoms with Crippen LogP contribution in [0.5, 0.6) is 0 Å². The molecular weight excluding hydrogens is 393 g/mol. The number of rotatable bonds is 1. The molecule has 0 amide bonds. The van der Waals surface area contributed by atoms with Crippen LogP contribution in [0.25, 0.3) is 41.5 Å². The second-order valence-electron chi connectivity index (χ2n) is 7.48. The minimum atomic E-state index is 0.327. The molecule has 0 aliphatic carbocycles. The second kappa shape index (κ2) is 6.05. The number of hydrogen-bond acceptors (Lipinski definition) is 0. The molecule has 2 heteroatoms. The van der Waals surface area contributed by atoms with Crippen LogP contribution in [0.4, 0.5) is 0 Å². The molecule has 0 atom stereocenters. The number of hydrogen-bond donors (Lipinski definition) is 0. The fourth-order valence-corrected chi connectivity index (χ4v) is 7.07. The van der Waals surface area contributed by atoms with E-state index in [1.165, 1.54) is 58.1 Å². The first-order valence-corrected chi connectivity index (χ1v) is 11.1. The molecule has 0 aliphatic heterocycles. The summed E-state index contributed by atoms with van der Waals surface area (Å²) >= 11 is 0.327. The van der Waals surface area contributed by atoms with Gasteiger partial charge in [-0.3, -0.25) is 0 Å². The van der Waals surface area contributed by atoms with Crippen LogP contribution in [0.1, 0.15) is 16.7 Å². The molecule has 0 fully saturated rings. The Balaban J connectivity index is 2.08. The molecule has 0 unspecified atom stereocenters. The molecule has 0 bridgehead atoms. The summed E-state index contributed by atoms with van der Waals surface area (Å²) in [6.07, 6.45) is 0. The van der Waals surface area contributed by atoms with E-state index >= 15 is 0 Å². The topological polar surface area (TPSA) is 3.88 Å². The fourth-order valence-electron chi connectivity index (χ4n) is 4.32. The van der Waals surface area contributed by atoms with Crippen molar-refractivity contribution in [2.45, 2.75) is 20.8 Å². The van der Waals surface area contributed by atoms with E-state index in [2.05, 4.69) is 93.0 Å². The Labute approximate surface area is 165 Å². The van der Waals surface area contributed by atoms with Gasteiger partial charge in [-0.05, 0) is 0 Å². The Bertz CT molecular complexity index is 1360. The molecule has 3 aromatic carbocycles. The zero-order chi connectivity index (χ0) is 18.7. The average Bonchev–Trinajstić information content (AvgIpc) is 3.05. The normalized spacial score (nSPS) is 11.7. The van der Waals surface area contributed by atoms with Gasteiger partial charge in [0, 0.05) is 0 Å². The van der Waals surface area contributed by atoms with Crippen molar-refractivity contribution in [3.63, 3.8) is 0 Å². The Morgan fingerprint density at radius 3 is 2.33 bits per heavy atom. The van der Waals surface area contributed by atoms with Crippen LogP contribution in [0.2, 0.25) is 0 Å². The summed E-state index contributed by atoms with van der Waals surface area (Å²) in [6, 6.07) is 22.5. The predicted octanol–water partition coefficient (Wildman–Crippen LogP) is 5.62. The van der Waals surface area contributed by atoms with E-state index < -0.39 is 0 Å². The molecule has 0 saturated carbocycles. The van der Waals surface area contributed by atoms with Gasteiger partial charge in [0.1, 0.15) is 0 Å². The monoisotopic (exact) mass is 416 g/mol. The number of aromatic nitrogens is 1. The number of fused-ring (bicyclic) bond motifs is 5. The van der Waals surface area contributed by atoms with Crippen molar-refractivity contribution in [1.29, 1.82) is 0 Å². The van der Waals surface area contributed by atoms with Gasteiger partial charge in [0.25, 0.3) is 0 Å². The van der Waals surface area contributed by atoms with Gasteiger partial charge in [-0.1, -0.05) is 0 Å². The molecule has 5 aromatic rings. The summed E-state index contributed by atoms with van der Waals surface area (Å²) < 4.78 is 5.45. The van der Waals surface area contributed by atoms with Crippen LogP contribution in [0, 0.1) is 20.8 Å². The number of pyridine rings is 1. The standard InChI is InChI=1S/C25H22NSe/c1-15-13-16(2)17(3)20(14-15)24-25-23(19-10-6-8-12-22(19)27-25)18-9-5-7-11-21(18)26(24)4/h5-14H,1-4H3/q+1. The molecule has 132 valence electrons. The minimum absolute atomic E-state index is 0.327. The van der Waals surface area contributed by atoms with Crippen LogP contribution < -0.4 is 4.57 Å². The molecule has 0 aliphatic rings. The van der Waals surface area contributed by atoms with Gasteiger partial charge in [-0.15, -0.1) is 0 Å². The quantitative estimate of drug-likeness (QED) is 0.247. The zero-order valence-corrected chi connectivity index (χ0v) is 17.8. The molecule has 27 heavy (non-hydrogen) atoms. The third-order valence-corrected chi connectivity index (χ3v) is 8.22. The van der Waals surface area contributed by atoms with E-state index in [9.17, 15) is 0 Å². The Morgan fingerprint density at radius 2 is 1.52 bits per heavy atom. The SMILES string of the molecule is Cc1cc(C)c(C)c(-c2c3[se]c4ccccc4c3c3ccccc3[n+]2C)c1. The summed E-state index contributed by atoms with van der Waals surface area (Å²) in [5.41, 5.74) is 8.17. The average molecular weight is 415 g/mol. The Kier molecular flexibility index (Phi) is 3.75. The molecule has 0 radical (unpaired) electrons. The third kappa shape index (κ3) is 2.41. The summed E-state index contributed by atoms with van der Waals surface area (Å²) in [5.74, 6) is 0. The van der Waals surface area contributed by atoms with Crippen molar-refractivity contribution >= 4 is 44.7 Å². The van der Waals surface area contributed by atoms with Crippen LogP contribution in [0.15, 0.2) is 60.7 Å². The number of aryl methyl sites for hydroxylation is 3. The van der Waals surface area contributed by atoms with E-state index in [0.29, 0.717) is 14.5 Å². The summed E-state index contributed by atoms with van der Waals surface area (Å²) in [7, 11) is 2.23. The third-order valence-electron chi connectivity index (χ3n) is 5.75. The van der Waals surface area contributed by atoms with E-state index in [0.717, 1.165) is 0 Å². The van der Waals surface area contributed by atoms with Gasteiger partial charge in [-0.2, -0.15) is 0 Å². The van der Waals surface area contributed by atoms with Gasteiger partial charge >= 0.3 is 166 Å². The molecule has 0 saturated heterocycles. The molecule has 2 aromatic heterocycles. The molecule has 0 spiro atoms. The van der Waals surface area contributed by atoms with Crippen LogP contribution in [-0.2, 0) is 7.05 Å². The van der Waals surface area contributed by atoms with Gasteiger partial charge in [-0.25, -0.2) is 0 Å². The summed E-state index contributed by atoms with van der Waals surface area (Å²) in [6.45, 7) is 6.70. The molecule has 0 N–H and O–H groups in total. The molecule has 1 nitrogen and oxygen atoms in total. The van der Waals surface area contributed by atoms with Gasteiger partial charge in [0.05, 0.1) is 0 Å². The van der Waals surface area contributed by atoms with Crippen LogP contribution >= 0.6 is 0 Å². The first-order valence-electron chi connectivity index (χ1n) is 9.36. The first-order chi connectivity index (χ1) is 13.1. The van der Waals surface area contributed by atoms with Crippen molar-refractivity contribution in [3.05, 3.63) is 77.4 Å². The molecular formula is C25H22NSe+. The summed E-state index contributed by atoms with van der Waals surface area (Å²) in [4.78, 5) is 0. The van der Waals surface area contributed by atoms with Crippen molar-refractivity contribution in [3.8, 4) is 11.3 Å². The van der Waals surface area contributed by atoms with E-state index in [-0.39, 0.29) is 0 Å². The Hall–Kier alpha value is -2.41. The first kappa shape index (κ1) is 16.7. The van der Waals surface area contributed by atoms with Crippen molar-refractivity contribution < 1.29 is 4.57 Å². The van der Waals surface area contributed by atoms with E-state index in [1.807, 2.05) is 0 Å². The van der Waals surface area contributed by atoms with Gasteiger partial charge in [0.15, 0.2) is 0 Å². The van der Waals surface area contributed by atoms with Crippen molar-refractivity contribution in [1.82, 2.24) is 0 Å². The summed E-state index contributed by atoms with van der Waals surface area (Å²) in [5, 5.41) is 4.24. The van der Waals surface area contributed by atoms with E-state index in [4.69, 9.17) is 0 Å². The van der Waals surface area contributed by atoms with Crippen LogP contribution in [0.3, 0.4) is 0 Å². The van der Waals surface area contributed by atoms with Gasteiger partial charge in [0.2, 0.25) is 0 Å². The predicted molar refractivity (Wildman–Crippen MR) is 117 cm³/mol. The van der Waals surface area contributed by atoms with Crippen molar-refractivity contribution in [2.24, 2.45) is 7.05 Å². The molecule has 5 rings (SSSR count). The number of para-hydroxylation sites is 1. The maximum absolute atomic E-state index is 2.42. The van der Waals surface area contributed by atoms with E-state index in [1.54, 1.807) is 0 Å². The maximum atomic E-state index is 2.42. The van der Waals surface area contributed by atoms with Crippen molar-refractivity contribution in [2.75, 3.05) is 0 Å².